The Morgan fingerprint density at radius 1 is 1.00 bits per heavy atom. The van der Waals surface area contributed by atoms with Gasteiger partial charge in [-0.1, -0.05) is 26.0 Å². The summed E-state index contributed by atoms with van der Waals surface area (Å²) in [4.78, 5) is 72.8. The van der Waals surface area contributed by atoms with Gasteiger partial charge in [0.05, 0.1) is 23.6 Å². The zero-order valence-corrected chi connectivity index (χ0v) is 30.2. The molecule has 4 heterocycles. The predicted molar refractivity (Wildman–Crippen MR) is 200 cm³/mol. The highest BCUT2D eigenvalue weighted by molar-refractivity contribution is 6.08. The molecule has 288 valence electrons. The second-order valence-corrected chi connectivity index (χ2v) is 13.6. The number of aromatic amines is 1. The standard InChI is InChI=1S/C38H37FN10O7/c1-19(2)23-13-24(31(51)14-30(23)50)34-46-47-38(56)49(34)21-7-6-20(26(39)12-21)15-40-10-11-41-32-17-42-28(16-43-32)35(53)44-27-5-3-4-22-25(27)18-48(37(22)55)29-8-9-33(52)45-36(29)54/h3-7,12-14,16-17,19,29,40,50-51H,8-11,15,18H2,1-2H3,(H,41,43)(H,44,53)(H,47,56)(H,45,52,54). The largest absolute Gasteiger partial charge is 0.508 e. The number of nitrogens with zero attached hydrogens (tertiary/aromatic N) is 5. The van der Waals surface area contributed by atoms with Crippen molar-refractivity contribution in [2.75, 3.05) is 23.7 Å². The number of benzene rings is 3. The number of fused-ring (bicyclic) bond motifs is 1. The number of carbonyl (C=O) groups is 4. The SMILES string of the molecule is CC(C)c1cc(-c2n[nH]c(=O)n2-c2ccc(CNCCNc3cnc(C(=O)Nc4cccc5c4CN(C4CCC(=O)NC4=O)C5=O)cn3)c(F)c2)c(O)cc1O. The van der Waals surface area contributed by atoms with Crippen molar-refractivity contribution in [2.45, 2.75) is 51.7 Å². The number of nitrogens with one attached hydrogen (secondary N) is 5. The minimum absolute atomic E-state index is 0.0292. The molecular formula is C38H37FN10O7. The number of amides is 4. The zero-order valence-electron chi connectivity index (χ0n) is 30.2. The summed E-state index contributed by atoms with van der Waals surface area (Å²) >= 11 is 0. The highest BCUT2D eigenvalue weighted by atomic mass is 19.1. The second kappa shape index (κ2) is 15.4. The van der Waals surface area contributed by atoms with E-state index in [2.05, 4.69) is 41.4 Å². The monoisotopic (exact) mass is 764 g/mol. The Morgan fingerprint density at radius 2 is 1.82 bits per heavy atom. The Balaban J connectivity index is 0.914. The molecule has 0 bridgehead atoms. The third-order valence-electron chi connectivity index (χ3n) is 9.61. The maximum Gasteiger partial charge on any atom is 0.348 e. The van der Waals surface area contributed by atoms with Gasteiger partial charge in [0.25, 0.3) is 11.8 Å². The number of hydrogen-bond acceptors (Lipinski definition) is 12. The quantitative estimate of drug-likeness (QED) is 0.0718. The molecule has 1 unspecified atom stereocenters. The van der Waals surface area contributed by atoms with Crippen molar-refractivity contribution >= 4 is 35.1 Å². The average molecular weight is 765 g/mol. The molecule has 1 saturated heterocycles. The molecule has 3 aromatic carbocycles. The van der Waals surface area contributed by atoms with Gasteiger partial charge in [0, 0.05) is 61.0 Å². The lowest BCUT2D eigenvalue weighted by Crippen LogP contribution is -2.52. The number of aromatic nitrogens is 5. The molecule has 56 heavy (non-hydrogen) atoms. The molecule has 0 spiro atoms. The summed E-state index contributed by atoms with van der Waals surface area (Å²) in [6.45, 7) is 4.79. The Bertz CT molecular complexity index is 2430. The smallest absolute Gasteiger partial charge is 0.348 e. The number of piperidine rings is 1. The third kappa shape index (κ3) is 7.41. The lowest BCUT2D eigenvalue weighted by atomic mass is 9.98. The van der Waals surface area contributed by atoms with Gasteiger partial charge < -0.3 is 31.1 Å². The lowest BCUT2D eigenvalue weighted by Gasteiger charge is -2.29. The van der Waals surface area contributed by atoms with Crippen LogP contribution in [0.2, 0.25) is 0 Å². The van der Waals surface area contributed by atoms with Crippen molar-refractivity contribution in [3.8, 4) is 28.6 Å². The van der Waals surface area contributed by atoms with Crippen molar-refractivity contribution < 1.29 is 33.8 Å². The summed E-state index contributed by atoms with van der Waals surface area (Å²) in [5, 5.41) is 38.4. The maximum atomic E-state index is 15.3. The molecule has 2 aromatic heterocycles. The van der Waals surface area contributed by atoms with Crippen molar-refractivity contribution in [2.24, 2.45) is 0 Å². The Kier molecular flexibility index (Phi) is 10.3. The summed E-state index contributed by atoms with van der Waals surface area (Å²) in [6, 6.07) is 11.2. The van der Waals surface area contributed by atoms with Crippen LogP contribution in [0, 0.1) is 5.82 Å². The van der Waals surface area contributed by atoms with E-state index in [4.69, 9.17) is 0 Å². The van der Waals surface area contributed by atoms with Crippen LogP contribution >= 0.6 is 0 Å². The van der Waals surface area contributed by atoms with Gasteiger partial charge in [0.15, 0.2) is 5.82 Å². The van der Waals surface area contributed by atoms with Crippen molar-refractivity contribution in [1.29, 1.82) is 0 Å². The van der Waals surface area contributed by atoms with Crippen LogP contribution in [-0.4, -0.2) is 82.6 Å². The molecule has 1 fully saturated rings. The van der Waals surface area contributed by atoms with Crippen LogP contribution in [0.1, 0.15) is 70.1 Å². The topological polar surface area (TPSA) is 237 Å². The minimum Gasteiger partial charge on any atom is -0.508 e. The van der Waals surface area contributed by atoms with Crippen LogP contribution in [0.3, 0.4) is 0 Å². The van der Waals surface area contributed by atoms with E-state index in [1.54, 1.807) is 30.3 Å². The van der Waals surface area contributed by atoms with Crippen LogP contribution in [0.15, 0.2) is 65.7 Å². The Labute approximate surface area is 318 Å². The number of carbonyl (C=O) groups excluding carboxylic acids is 4. The summed E-state index contributed by atoms with van der Waals surface area (Å²) < 4.78 is 16.4. The number of halogens is 1. The first kappa shape index (κ1) is 37.4. The highest BCUT2D eigenvalue weighted by Crippen LogP contribution is 2.37. The van der Waals surface area contributed by atoms with Gasteiger partial charge in [-0.15, -0.1) is 0 Å². The van der Waals surface area contributed by atoms with E-state index < -0.39 is 29.4 Å². The van der Waals surface area contributed by atoms with Crippen molar-refractivity contribution in [3.05, 3.63) is 105 Å². The summed E-state index contributed by atoms with van der Waals surface area (Å²) in [5.74, 6) is -2.39. The molecule has 2 aliphatic heterocycles. The van der Waals surface area contributed by atoms with E-state index in [1.165, 1.54) is 35.5 Å². The number of aromatic hydroxyl groups is 2. The van der Waals surface area contributed by atoms with E-state index in [9.17, 15) is 34.2 Å². The first-order valence-corrected chi connectivity index (χ1v) is 17.8. The zero-order chi connectivity index (χ0) is 39.7. The van der Waals surface area contributed by atoms with Gasteiger partial charge in [0.1, 0.15) is 34.9 Å². The van der Waals surface area contributed by atoms with E-state index in [-0.39, 0.29) is 77.9 Å². The lowest BCUT2D eigenvalue weighted by molar-refractivity contribution is -0.136. The van der Waals surface area contributed by atoms with E-state index >= 15 is 4.39 Å². The number of phenols is 2. The summed E-state index contributed by atoms with van der Waals surface area (Å²) in [6.07, 6.45) is 3.05. The molecule has 1 atom stereocenters. The molecule has 18 heteroatoms. The van der Waals surface area contributed by atoms with E-state index in [0.29, 0.717) is 46.8 Å². The van der Waals surface area contributed by atoms with E-state index in [1.807, 2.05) is 13.8 Å². The minimum atomic E-state index is -0.782. The van der Waals surface area contributed by atoms with Gasteiger partial charge in [-0.3, -0.25) is 24.5 Å². The number of rotatable bonds is 12. The fraction of sp³-hybridized carbons (Fsp3) is 0.263. The van der Waals surface area contributed by atoms with Gasteiger partial charge in [-0.25, -0.2) is 28.8 Å². The van der Waals surface area contributed by atoms with Crippen LogP contribution in [0.4, 0.5) is 15.9 Å². The normalized spacial score (nSPS) is 15.2. The summed E-state index contributed by atoms with van der Waals surface area (Å²) in [5.41, 5.74) is 1.98. The number of phenolic OH excluding ortho intramolecular Hbond substituents is 2. The van der Waals surface area contributed by atoms with Gasteiger partial charge in [-0.2, -0.15) is 5.10 Å². The Hall–Kier alpha value is -6.95. The molecule has 0 saturated carbocycles. The molecule has 7 N–H and O–H groups in total. The number of anilines is 2. The molecule has 0 aliphatic carbocycles. The Morgan fingerprint density at radius 3 is 2.55 bits per heavy atom. The number of H-pyrrole nitrogens is 1. The summed E-state index contributed by atoms with van der Waals surface area (Å²) in [7, 11) is 0. The molecule has 5 aromatic rings. The van der Waals surface area contributed by atoms with E-state index in [0.717, 1.165) is 4.57 Å². The predicted octanol–water partition coefficient (Wildman–Crippen LogP) is 2.91. The molecule has 7 rings (SSSR count). The molecular weight excluding hydrogens is 727 g/mol. The molecule has 0 radical (unpaired) electrons. The molecule has 17 nitrogen and oxygen atoms in total. The van der Waals surface area contributed by atoms with Crippen LogP contribution < -0.4 is 27.0 Å². The van der Waals surface area contributed by atoms with Crippen molar-refractivity contribution in [3.63, 3.8) is 0 Å². The third-order valence-corrected chi connectivity index (χ3v) is 9.61. The number of imide groups is 1. The van der Waals surface area contributed by atoms with Crippen LogP contribution in [0.5, 0.6) is 11.5 Å². The fourth-order valence-corrected chi connectivity index (χ4v) is 6.70. The van der Waals surface area contributed by atoms with Gasteiger partial charge in [-0.05, 0) is 48.2 Å². The van der Waals surface area contributed by atoms with Crippen molar-refractivity contribution in [1.82, 2.24) is 40.3 Å². The van der Waals surface area contributed by atoms with Crippen LogP contribution in [-0.2, 0) is 22.7 Å². The average Bonchev–Trinajstić information content (AvgIpc) is 3.71. The molecule has 4 amide bonds. The highest BCUT2D eigenvalue weighted by Gasteiger charge is 2.40. The first-order valence-electron chi connectivity index (χ1n) is 17.8. The fourth-order valence-electron chi connectivity index (χ4n) is 6.70. The number of hydrogen-bond donors (Lipinski definition) is 7. The van der Waals surface area contributed by atoms with Gasteiger partial charge in [0.2, 0.25) is 11.8 Å². The molecule has 2 aliphatic rings. The maximum absolute atomic E-state index is 15.3. The van der Waals surface area contributed by atoms with Crippen LogP contribution in [0.25, 0.3) is 17.1 Å². The first-order chi connectivity index (χ1) is 26.9. The second-order valence-electron chi connectivity index (χ2n) is 13.6. The van der Waals surface area contributed by atoms with Gasteiger partial charge >= 0.3 is 5.69 Å².